The van der Waals surface area contributed by atoms with Gasteiger partial charge >= 0.3 is 0 Å². The molecule has 260 valence electrons. The summed E-state index contributed by atoms with van der Waals surface area (Å²) in [4.78, 5) is 18.4. The quantitative estimate of drug-likeness (QED) is 0.128. The molecule has 5 rings (SSSR count). The number of aliphatic hydroxyl groups excluding tert-OH is 5. The van der Waals surface area contributed by atoms with E-state index in [1.54, 1.807) is 0 Å². The summed E-state index contributed by atoms with van der Waals surface area (Å²) in [5.74, 6) is 0.719. The molecule has 2 aromatic carbocycles. The third kappa shape index (κ3) is 8.80. The van der Waals surface area contributed by atoms with E-state index in [0.29, 0.717) is 19.1 Å². The Hall–Kier alpha value is -3.38. The van der Waals surface area contributed by atoms with Gasteiger partial charge in [0.25, 0.3) is 0 Å². The topological polar surface area (TPSA) is 153 Å². The van der Waals surface area contributed by atoms with Crippen molar-refractivity contribution in [2.24, 2.45) is 0 Å². The number of hydrogen-bond acceptors (Lipinski definition) is 9. The Morgan fingerprint density at radius 2 is 1.65 bits per heavy atom. The molecule has 0 aliphatic heterocycles. The maximum atomic E-state index is 12.6. The van der Waals surface area contributed by atoms with Crippen LogP contribution in [0.15, 0.2) is 54.9 Å². The number of aryl methyl sites for hydroxylation is 3. The molecule has 1 aromatic heterocycles. The Kier molecular flexibility index (Phi) is 11.9. The number of aromatic nitrogens is 1. The first kappa shape index (κ1) is 35.9. The van der Waals surface area contributed by atoms with Gasteiger partial charge in [0, 0.05) is 43.5 Å². The van der Waals surface area contributed by atoms with Gasteiger partial charge in [-0.05, 0) is 98.7 Å². The van der Waals surface area contributed by atoms with Crippen molar-refractivity contribution in [1.29, 1.82) is 0 Å². The molecule has 1 heterocycles. The summed E-state index contributed by atoms with van der Waals surface area (Å²) in [5.41, 5.74) is 7.65. The maximum Gasteiger partial charge on any atom is 0.222 e. The monoisotopic (exact) mass is 662 g/mol. The Morgan fingerprint density at radius 3 is 2.35 bits per heavy atom. The lowest BCUT2D eigenvalue weighted by Crippen LogP contribution is -2.49. The molecule has 2 saturated carbocycles. The number of hydrogen-bond donors (Lipinski definition) is 5. The average Bonchev–Trinajstić information content (AvgIpc) is 4.04. The second kappa shape index (κ2) is 15.9. The second-order valence-corrected chi connectivity index (χ2v) is 13.5. The molecule has 3 aromatic rings. The van der Waals surface area contributed by atoms with E-state index in [9.17, 15) is 25.2 Å². The highest BCUT2D eigenvalue weighted by Crippen LogP contribution is 2.53. The molecule has 0 radical (unpaired) electrons. The number of nitrogens with zero attached hydrogens (tertiary/aromatic N) is 2. The zero-order valence-corrected chi connectivity index (χ0v) is 28.2. The number of pyridine rings is 1. The fourth-order valence-corrected chi connectivity index (χ4v) is 6.17. The summed E-state index contributed by atoms with van der Waals surface area (Å²) in [7, 11) is 1.52. The van der Waals surface area contributed by atoms with Crippen LogP contribution in [0, 0.1) is 13.8 Å². The zero-order valence-electron chi connectivity index (χ0n) is 28.2. The van der Waals surface area contributed by atoms with Gasteiger partial charge in [0.15, 0.2) is 0 Å². The molecule has 0 bridgehead atoms. The van der Waals surface area contributed by atoms with E-state index in [2.05, 4.69) is 43.1 Å². The minimum Gasteiger partial charge on any atom is -0.490 e. The third-order valence-corrected chi connectivity index (χ3v) is 9.61. The lowest BCUT2D eigenvalue weighted by Gasteiger charge is -2.28. The Labute approximate surface area is 283 Å². The fraction of sp³-hybridized carbons (Fsp3) is 0.526. The van der Waals surface area contributed by atoms with E-state index < -0.39 is 31.0 Å². The SMILES string of the molecule is Cc1cc(COC2(c3cnccc3-c3ccccc3OC3CC3)CC2)c(C)cc1CCCCC(=O)N(C)C[C@H](O)[C@@H](O)[C@H](O)[C@H](O)CO. The maximum absolute atomic E-state index is 12.6. The Morgan fingerprint density at radius 1 is 0.958 bits per heavy atom. The Balaban J connectivity index is 1.13. The molecule has 2 fully saturated rings. The molecule has 10 nitrogen and oxygen atoms in total. The standard InChI is InChI=1S/C38H50N2O8/c1-24-19-27(25(2)18-26(24)8-4-7-11-35(44)40(3)21-32(42)36(45)37(46)33(43)22-41)23-47-38(15-16-38)31-20-39-17-14-29(31)30-9-5-6-10-34(30)48-28-12-13-28/h5-6,9-10,14,17-20,28,32-33,36-37,41-43,45-46H,4,7-8,11-13,15-16,21-23H2,1-3H3/t32-,33+,36+,37+/m0/s1. The molecule has 5 N–H and O–H groups in total. The summed E-state index contributed by atoms with van der Waals surface area (Å²) in [6.07, 6.45) is 4.27. The first-order valence-corrected chi connectivity index (χ1v) is 17.0. The average molecular weight is 663 g/mol. The van der Waals surface area contributed by atoms with Crippen molar-refractivity contribution in [3.8, 4) is 16.9 Å². The summed E-state index contributed by atoms with van der Waals surface area (Å²) in [6, 6.07) is 14.7. The highest BCUT2D eigenvalue weighted by molar-refractivity contribution is 5.76. The van der Waals surface area contributed by atoms with Crippen LogP contribution in [-0.4, -0.2) is 92.0 Å². The van der Waals surface area contributed by atoms with Gasteiger partial charge in [-0.2, -0.15) is 0 Å². The summed E-state index contributed by atoms with van der Waals surface area (Å²) in [5, 5.41) is 48.4. The first-order chi connectivity index (χ1) is 23.0. The second-order valence-electron chi connectivity index (χ2n) is 13.5. The van der Waals surface area contributed by atoms with Gasteiger partial charge in [0.1, 0.15) is 30.2 Å². The van der Waals surface area contributed by atoms with Gasteiger partial charge in [-0.1, -0.05) is 30.3 Å². The third-order valence-electron chi connectivity index (χ3n) is 9.61. The van der Waals surface area contributed by atoms with Crippen molar-refractivity contribution in [2.45, 2.75) is 108 Å². The fourth-order valence-electron chi connectivity index (χ4n) is 6.17. The highest BCUT2D eigenvalue weighted by Gasteiger charge is 2.48. The summed E-state index contributed by atoms with van der Waals surface area (Å²) < 4.78 is 13.0. The highest BCUT2D eigenvalue weighted by atomic mass is 16.5. The lowest BCUT2D eigenvalue weighted by atomic mass is 9.95. The number of unbranched alkanes of at least 4 members (excludes halogenated alkanes) is 1. The number of amides is 1. The number of ether oxygens (including phenoxy) is 2. The molecule has 0 unspecified atom stereocenters. The van der Waals surface area contributed by atoms with Crippen molar-refractivity contribution in [1.82, 2.24) is 9.88 Å². The number of benzene rings is 2. The predicted octanol–water partition coefficient (Wildman–Crippen LogP) is 3.72. The largest absolute Gasteiger partial charge is 0.490 e. The number of para-hydroxylation sites is 1. The van der Waals surface area contributed by atoms with Crippen LogP contribution < -0.4 is 4.74 Å². The summed E-state index contributed by atoms with van der Waals surface area (Å²) >= 11 is 0. The number of rotatable bonds is 18. The van der Waals surface area contributed by atoms with Gasteiger partial charge in [0.05, 0.1) is 24.9 Å². The smallest absolute Gasteiger partial charge is 0.222 e. The van der Waals surface area contributed by atoms with Crippen LogP contribution in [0.5, 0.6) is 5.75 Å². The van der Waals surface area contributed by atoms with Crippen LogP contribution >= 0.6 is 0 Å². The van der Waals surface area contributed by atoms with Gasteiger partial charge in [-0.15, -0.1) is 0 Å². The molecule has 1 amide bonds. The van der Waals surface area contributed by atoms with Gasteiger partial charge in [0.2, 0.25) is 5.91 Å². The van der Waals surface area contributed by atoms with E-state index in [4.69, 9.17) is 14.6 Å². The zero-order chi connectivity index (χ0) is 34.4. The van der Waals surface area contributed by atoms with E-state index in [1.165, 1.54) is 23.1 Å². The van der Waals surface area contributed by atoms with Crippen molar-refractivity contribution in [3.63, 3.8) is 0 Å². The van der Waals surface area contributed by atoms with Crippen LogP contribution in [0.2, 0.25) is 0 Å². The number of aliphatic hydroxyl groups is 5. The van der Waals surface area contributed by atoms with Crippen LogP contribution in [0.4, 0.5) is 0 Å². The number of carbonyl (C=O) groups is 1. The van der Waals surface area contributed by atoms with Crippen molar-refractivity contribution < 1.29 is 39.8 Å². The molecule has 0 saturated heterocycles. The van der Waals surface area contributed by atoms with Crippen molar-refractivity contribution in [3.05, 3.63) is 82.7 Å². The number of likely N-dealkylation sites (N-methyl/N-ethyl adjacent to an activating group) is 1. The molecule has 4 atom stereocenters. The molecular weight excluding hydrogens is 612 g/mol. The minimum atomic E-state index is -1.72. The number of carbonyl (C=O) groups excluding carboxylic acids is 1. The van der Waals surface area contributed by atoms with E-state index in [-0.39, 0.29) is 24.5 Å². The van der Waals surface area contributed by atoms with Crippen LogP contribution in [-0.2, 0) is 28.2 Å². The molecule has 10 heteroatoms. The molecule has 2 aliphatic carbocycles. The van der Waals surface area contributed by atoms with Gasteiger partial charge in [-0.3, -0.25) is 9.78 Å². The normalized spacial score (nSPS) is 17.8. The van der Waals surface area contributed by atoms with Gasteiger partial charge < -0.3 is 39.9 Å². The van der Waals surface area contributed by atoms with E-state index in [1.807, 2.05) is 30.6 Å². The minimum absolute atomic E-state index is 0.191. The predicted molar refractivity (Wildman–Crippen MR) is 181 cm³/mol. The van der Waals surface area contributed by atoms with E-state index in [0.717, 1.165) is 72.1 Å². The molecule has 2 aliphatic rings. The summed E-state index contributed by atoms with van der Waals surface area (Å²) in [6.45, 7) is 3.75. The van der Waals surface area contributed by atoms with Crippen LogP contribution in [0.25, 0.3) is 11.1 Å². The van der Waals surface area contributed by atoms with Crippen molar-refractivity contribution in [2.75, 3.05) is 20.2 Å². The molecule has 48 heavy (non-hydrogen) atoms. The lowest BCUT2D eigenvalue weighted by molar-refractivity contribution is -0.138. The van der Waals surface area contributed by atoms with Crippen LogP contribution in [0.3, 0.4) is 0 Å². The van der Waals surface area contributed by atoms with Gasteiger partial charge in [-0.25, -0.2) is 0 Å². The van der Waals surface area contributed by atoms with Crippen molar-refractivity contribution >= 4 is 5.91 Å². The Bertz CT molecular complexity index is 1540. The van der Waals surface area contributed by atoms with E-state index >= 15 is 0 Å². The van der Waals surface area contributed by atoms with Crippen LogP contribution in [0.1, 0.15) is 72.8 Å². The first-order valence-electron chi connectivity index (χ1n) is 17.0. The molecular formula is C38H50N2O8. The molecule has 0 spiro atoms.